The minimum Gasteiger partial charge on any atom is -0.487 e. The third-order valence-electron chi connectivity index (χ3n) is 4.21. The van der Waals surface area contributed by atoms with Gasteiger partial charge in [0, 0.05) is 24.8 Å². The normalized spacial score (nSPS) is 32.7. The summed E-state index contributed by atoms with van der Waals surface area (Å²) in [7, 11) is 0. The van der Waals surface area contributed by atoms with E-state index in [0.717, 1.165) is 29.7 Å². The van der Waals surface area contributed by atoms with Crippen LogP contribution in [0.3, 0.4) is 0 Å². The molecule has 0 aliphatic carbocycles. The first-order valence-corrected chi connectivity index (χ1v) is 7.01. The summed E-state index contributed by atoms with van der Waals surface area (Å²) in [6.45, 7) is 6.92. The number of aliphatic hydroxyl groups is 1. The molecule has 1 spiro atoms. The van der Waals surface area contributed by atoms with Crippen LogP contribution in [0.5, 0.6) is 5.75 Å². The van der Waals surface area contributed by atoms with Crippen molar-refractivity contribution in [2.75, 3.05) is 6.61 Å². The van der Waals surface area contributed by atoms with Crippen molar-refractivity contribution in [1.29, 1.82) is 0 Å². The Morgan fingerprint density at radius 3 is 2.84 bits per heavy atom. The molecule has 1 aromatic rings. The Balaban J connectivity index is 1.94. The molecule has 2 atom stereocenters. The van der Waals surface area contributed by atoms with Crippen molar-refractivity contribution in [2.24, 2.45) is 0 Å². The van der Waals surface area contributed by atoms with Crippen LogP contribution in [0, 0.1) is 6.92 Å². The van der Waals surface area contributed by atoms with Gasteiger partial charge in [0.25, 0.3) is 0 Å². The van der Waals surface area contributed by atoms with Crippen LogP contribution >= 0.6 is 0 Å². The maximum atomic E-state index is 10.5. The fourth-order valence-electron chi connectivity index (χ4n) is 3.45. The molecule has 3 rings (SSSR count). The number of benzene rings is 1. The van der Waals surface area contributed by atoms with Crippen molar-refractivity contribution in [3.05, 3.63) is 29.3 Å². The number of hydrogen-bond acceptors (Lipinski definition) is 3. The molecule has 19 heavy (non-hydrogen) atoms. The molecule has 0 radical (unpaired) electrons. The fraction of sp³-hybridized carbons (Fsp3) is 0.625. The first-order valence-electron chi connectivity index (χ1n) is 7.01. The number of fused-ring (bicyclic) bond motifs is 1. The quantitative estimate of drug-likeness (QED) is 0.780. The number of aryl methyl sites for hydroxylation is 1. The van der Waals surface area contributed by atoms with Crippen LogP contribution in [0.15, 0.2) is 18.2 Å². The van der Waals surface area contributed by atoms with E-state index >= 15 is 0 Å². The highest BCUT2D eigenvalue weighted by atomic mass is 16.5. The summed E-state index contributed by atoms with van der Waals surface area (Å²) in [5.74, 6) is 0.835. The van der Waals surface area contributed by atoms with Crippen molar-refractivity contribution in [3.63, 3.8) is 0 Å². The first-order chi connectivity index (χ1) is 8.89. The van der Waals surface area contributed by atoms with Crippen LogP contribution < -0.4 is 4.74 Å². The number of rotatable bonds is 0. The minimum atomic E-state index is -0.433. The summed E-state index contributed by atoms with van der Waals surface area (Å²) in [5.41, 5.74) is 1.63. The maximum Gasteiger partial charge on any atom is 0.125 e. The molecule has 2 aliphatic heterocycles. The van der Waals surface area contributed by atoms with Crippen LogP contribution in [0.2, 0.25) is 0 Å². The van der Waals surface area contributed by atoms with Gasteiger partial charge in [-0.25, -0.2) is 0 Å². The molecule has 1 N–H and O–H groups in total. The minimum absolute atomic E-state index is 0.180. The van der Waals surface area contributed by atoms with Crippen molar-refractivity contribution in [1.82, 2.24) is 0 Å². The van der Waals surface area contributed by atoms with E-state index in [1.54, 1.807) is 0 Å². The molecule has 1 saturated heterocycles. The van der Waals surface area contributed by atoms with Crippen LogP contribution in [0.4, 0.5) is 0 Å². The Kier molecular flexibility index (Phi) is 2.88. The van der Waals surface area contributed by atoms with Gasteiger partial charge in [-0.2, -0.15) is 0 Å². The smallest absolute Gasteiger partial charge is 0.125 e. The van der Waals surface area contributed by atoms with Crippen LogP contribution in [0.25, 0.3) is 0 Å². The Morgan fingerprint density at radius 2 is 2.11 bits per heavy atom. The Labute approximate surface area is 114 Å². The number of aliphatic hydroxyl groups excluding tert-OH is 1. The van der Waals surface area contributed by atoms with E-state index in [1.807, 2.05) is 25.1 Å². The molecule has 2 aliphatic rings. The molecule has 3 heteroatoms. The lowest BCUT2D eigenvalue weighted by molar-refractivity contribution is -0.151. The van der Waals surface area contributed by atoms with Gasteiger partial charge in [0.05, 0.1) is 18.3 Å². The molecular formula is C16H22O3. The van der Waals surface area contributed by atoms with Crippen LogP contribution in [-0.4, -0.2) is 22.9 Å². The Hall–Kier alpha value is -1.06. The fourth-order valence-corrected chi connectivity index (χ4v) is 3.45. The second kappa shape index (κ2) is 4.22. The van der Waals surface area contributed by atoms with Crippen molar-refractivity contribution in [2.45, 2.75) is 57.3 Å². The van der Waals surface area contributed by atoms with Crippen molar-refractivity contribution >= 4 is 0 Å². The Bertz CT molecular complexity index is 495. The zero-order chi connectivity index (χ0) is 13.7. The summed E-state index contributed by atoms with van der Waals surface area (Å²) < 4.78 is 12.1. The van der Waals surface area contributed by atoms with E-state index in [1.165, 1.54) is 0 Å². The molecule has 0 bridgehead atoms. The van der Waals surface area contributed by atoms with Gasteiger partial charge in [0.1, 0.15) is 11.4 Å². The average Bonchev–Trinajstić information content (AvgIpc) is 2.29. The molecule has 3 nitrogen and oxygen atoms in total. The summed E-state index contributed by atoms with van der Waals surface area (Å²) >= 11 is 0. The summed E-state index contributed by atoms with van der Waals surface area (Å²) in [6, 6.07) is 6.05. The number of hydrogen-bond donors (Lipinski definition) is 1. The highest BCUT2D eigenvalue weighted by molar-refractivity contribution is 5.41. The highest BCUT2D eigenvalue weighted by Gasteiger charge is 2.47. The number of ether oxygens (including phenoxy) is 2. The van der Waals surface area contributed by atoms with Gasteiger partial charge in [-0.3, -0.25) is 0 Å². The molecule has 2 heterocycles. The van der Waals surface area contributed by atoms with Gasteiger partial charge < -0.3 is 14.6 Å². The van der Waals surface area contributed by atoms with Gasteiger partial charge in [0.15, 0.2) is 0 Å². The monoisotopic (exact) mass is 262 g/mol. The molecule has 1 fully saturated rings. The van der Waals surface area contributed by atoms with Crippen molar-refractivity contribution in [3.8, 4) is 5.75 Å². The van der Waals surface area contributed by atoms with Crippen molar-refractivity contribution < 1.29 is 14.6 Å². The third-order valence-corrected chi connectivity index (χ3v) is 4.21. The molecule has 1 aromatic carbocycles. The predicted octanol–water partition coefficient (Wildman–Crippen LogP) is 3.14. The van der Waals surface area contributed by atoms with E-state index < -0.39 is 6.10 Å². The standard InChI is InChI=1S/C16H22O3/c1-11-4-5-14-12(8-11)13(17)9-16(19-14)6-7-18-15(2,3)10-16/h4-5,8,13,17H,6-7,9-10H2,1-3H3/t13-,16?/m0/s1. The molecule has 0 aromatic heterocycles. The van der Waals surface area contributed by atoms with Gasteiger partial charge in [-0.05, 0) is 32.9 Å². The topological polar surface area (TPSA) is 38.7 Å². The van der Waals surface area contributed by atoms with E-state index in [4.69, 9.17) is 9.47 Å². The van der Waals surface area contributed by atoms with Crippen LogP contribution in [-0.2, 0) is 4.74 Å². The highest BCUT2D eigenvalue weighted by Crippen LogP contribution is 2.47. The van der Waals surface area contributed by atoms with Crippen LogP contribution in [0.1, 0.15) is 50.3 Å². The van der Waals surface area contributed by atoms with E-state index in [9.17, 15) is 5.11 Å². The molecule has 0 saturated carbocycles. The Morgan fingerprint density at radius 1 is 1.32 bits per heavy atom. The zero-order valence-electron chi connectivity index (χ0n) is 11.9. The first kappa shape index (κ1) is 12.9. The average molecular weight is 262 g/mol. The molecular weight excluding hydrogens is 240 g/mol. The lowest BCUT2D eigenvalue weighted by Gasteiger charge is -2.48. The van der Waals surface area contributed by atoms with E-state index in [2.05, 4.69) is 13.8 Å². The predicted molar refractivity (Wildman–Crippen MR) is 73.4 cm³/mol. The van der Waals surface area contributed by atoms with Gasteiger partial charge in [-0.15, -0.1) is 0 Å². The molecule has 0 amide bonds. The van der Waals surface area contributed by atoms with Gasteiger partial charge >= 0.3 is 0 Å². The lowest BCUT2D eigenvalue weighted by atomic mass is 9.77. The SMILES string of the molecule is Cc1ccc2c(c1)[C@@H](O)CC1(CCOC(C)(C)C1)O2. The second-order valence-electron chi connectivity index (χ2n) is 6.58. The summed E-state index contributed by atoms with van der Waals surface area (Å²) in [6.07, 6.45) is 1.90. The van der Waals surface area contributed by atoms with Gasteiger partial charge in [0.2, 0.25) is 0 Å². The third kappa shape index (κ3) is 2.37. The summed E-state index contributed by atoms with van der Waals surface area (Å²) in [4.78, 5) is 0. The zero-order valence-corrected chi connectivity index (χ0v) is 11.9. The van der Waals surface area contributed by atoms with E-state index in [0.29, 0.717) is 13.0 Å². The second-order valence-corrected chi connectivity index (χ2v) is 6.58. The lowest BCUT2D eigenvalue weighted by Crippen LogP contribution is -2.51. The summed E-state index contributed by atoms with van der Waals surface area (Å²) in [5, 5.41) is 10.5. The maximum absolute atomic E-state index is 10.5. The molecule has 1 unspecified atom stereocenters. The largest absolute Gasteiger partial charge is 0.487 e. The molecule has 104 valence electrons. The van der Waals surface area contributed by atoms with E-state index in [-0.39, 0.29) is 11.2 Å². The van der Waals surface area contributed by atoms with Gasteiger partial charge in [-0.1, -0.05) is 11.6 Å².